The summed E-state index contributed by atoms with van der Waals surface area (Å²) in [5.74, 6) is -10.5. The molecular weight excluding hydrogens is 1180 g/mol. The SMILES string of the molecule is CC=CCC(C)C(O)C1C(=O)NC(CC)C(=O)N(C)C(CCCN(C)C)C(=O)N(C)C(C(C)COC)C(=O)NC(C(C)C)C(=O)N(C)C(CC(C)C)C(=O)NC(C)C(=O)NC(C)C(=O)N(C)C(CC(C)C)C(=O)N(C)C(CC(C)C)C(=O)N(C)C(C(C)C)C(=O)N1C. The van der Waals surface area contributed by atoms with Crippen molar-refractivity contribution in [2.24, 2.45) is 41.4 Å². The second-order valence-electron chi connectivity index (χ2n) is 28.0. The van der Waals surface area contributed by atoms with Gasteiger partial charge in [0, 0.05) is 62.4 Å². The van der Waals surface area contributed by atoms with E-state index in [-0.39, 0.29) is 56.5 Å². The molecule has 14 unspecified atom stereocenters. The summed E-state index contributed by atoms with van der Waals surface area (Å²) in [6.45, 7) is 28.4. The summed E-state index contributed by atoms with van der Waals surface area (Å²) in [5, 5.41) is 23.4. The minimum atomic E-state index is -1.64. The predicted octanol–water partition coefficient (Wildman–Crippen LogP) is 3.22. The maximum Gasteiger partial charge on any atom is 0.246 e. The smallest absolute Gasteiger partial charge is 0.246 e. The van der Waals surface area contributed by atoms with E-state index in [4.69, 9.17) is 4.74 Å². The number of nitrogens with zero attached hydrogens (tertiary/aromatic N) is 8. The monoisotopic (exact) mass is 1300 g/mol. The Bertz CT molecular complexity index is 2490. The molecular formula is C67H122N12O13. The van der Waals surface area contributed by atoms with Crippen LogP contribution in [0, 0.1) is 41.4 Å². The van der Waals surface area contributed by atoms with Gasteiger partial charge in [-0.1, -0.05) is 102 Å². The van der Waals surface area contributed by atoms with Gasteiger partial charge in [0.25, 0.3) is 0 Å². The molecule has 0 radical (unpaired) electrons. The number of aliphatic hydroxyl groups excluding tert-OH is 1. The number of amides is 11. The normalized spacial score (nSPS) is 26.9. The third-order valence-electron chi connectivity index (χ3n) is 17.7. The fourth-order valence-corrected chi connectivity index (χ4v) is 12.0. The number of methoxy groups -OCH3 is 1. The van der Waals surface area contributed by atoms with Crippen LogP contribution in [0.2, 0.25) is 0 Å². The zero-order chi connectivity index (χ0) is 71.3. The highest BCUT2D eigenvalue weighted by atomic mass is 16.5. The Morgan fingerprint density at radius 1 is 0.500 bits per heavy atom. The van der Waals surface area contributed by atoms with Crippen molar-refractivity contribution >= 4 is 65.0 Å². The number of aliphatic hydroxyl groups is 1. The molecule has 0 aromatic carbocycles. The molecule has 0 aliphatic carbocycles. The summed E-state index contributed by atoms with van der Waals surface area (Å²) in [7, 11) is 15.2. The summed E-state index contributed by atoms with van der Waals surface area (Å²) >= 11 is 0. The van der Waals surface area contributed by atoms with E-state index >= 15 is 28.8 Å². The second-order valence-corrected chi connectivity index (χ2v) is 28.0. The molecule has 1 saturated heterocycles. The molecule has 0 saturated carbocycles. The van der Waals surface area contributed by atoms with Crippen LogP contribution in [-0.4, -0.2) is 266 Å². The largest absolute Gasteiger partial charge is 0.390 e. The molecule has 1 rings (SSSR count). The zero-order valence-electron chi connectivity index (χ0n) is 60.9. The third kappa shape index (κ3) is 23.4. The molecule has 0 bridgehead atoms. The number of hydrogen-bond acceptors (Lipinski definition) is 14. The number of carbonyl (C=O) groups is 11. The molecule has 0 aromatic heterocycles. The van der Waals surface area contributed by atoms with Gasteiger partial charge in [-0.3, -0.25) is 52.7 Å². The lowest BCUT2D eigenvalue weighted by Gasteiger charge is -2.41. The Kier molecular flexibility index (Phi) is 35.4. The van der Waals surface area contributed by atoms with Gasteiger partial charge in [0.05, 0.1) is 12.7 Å². The summed E-state index contributed by atoms with van der Waals surface area (Å²) in [4.78, 5) is 174. The van der Waals surface area contributed by atoms with Crippen molar-refractivity contribution in [1.29, 1.82) is 0 Å². The van der Waals surface area contributed by atoms with Gasteiger partial charge in [-0.15, -0.1) is 0 Å². The summed E-state index contributed by atoms with van der Waals surface area (Å²) < 4.78 is 5.54. The van der Waals surface area contributed by atoms with Crippen molar-refractivity contribution in [3.05, 3.63) is 12.2 Å². The van der Waals surface area contributed by atoms with Crippen LogP contribution in [0.15, 0.2) is 12.2 Å². The van der Waals surface area contributed by atoms with Crippen LogP contribution in [-0.2, 0) is 57.5 Å². The molecule has 14 atom stereocenters. The summed E-state index contributed by atoms with van der Waals surface area (Å²) in [6, 6.07) is -14.0. The van der Waals surface area contributed by atoms with Gasteiger partial charge in [0.1, 0.15) is 66.5 Å². The van der Waals surface area contributed by atoms with E-state index in [1.54, 1.807) is 61.5 Å². The summed E-state index contributed by atoms with van der Waals surface area (Å²) in [5.41, 5.74) is 0. The number of rotatable bonds is 20. The molecule has 0 spiro atoms. The Labute approximate surface area is 551 Å². The van der Waals surface area contributed by atoms with Gasteiger partial charge in [0.2, 0.25) is 65.0 Å². The molecule has 92 heavy (non-hydrogen) atoms. The molecule has 0 aromatic rings. The highest BCUT2D eigenvalue weighted by Gasteiger charge is 2.47. The van der Waals surface area contributed by atoms with E-state index in [1.165, 1.54) is 99.7 Å². The second kappa shape index (κ2) is 38.8. The fourth-order valence-electron chi connectivity index (χ4n) is 12.0. The van der Waals surface area contributed by atoms with E-state index in [9.17, 15) is 29.1 Å². The van der Waals surface area contributed by atoms with Gasteiger partial charge < -0.3 is 70.3 Å². The van der Waals surface area contributed by atoms with Crippen LogP contribution >= 0.6 is 0 Å². The quantitative estimate of drug-likeness (QED) is 0.110. The summed E-state index contributed by atoms with van der Waals surface area (Å²) in [6.07, 6.45) is 3.31. The molecule has 1 heterocycles. The van der Waals surface area contributed by atoms with Crippen molar-refractivity contribution in [1.82, 2.24) is 60.5 Å². The topological polar surface area (TPSA) is 291 Å². The Hall–Kier alpha value is -6.21. The third-order valence-corrected chi connectivity index (χ3v) is 17.7. The first-order valence-corrected chi connectivity index (χ1v) is 33.1. The van der Waals surface area contributed by atoms with Crippen molar-refractivity contribution in [3.8, 4) is 0 Å². The molecule has 5 N–H and O–H groups in total. The van der Waals surface area contributed by atoms with Gasteiger partial charge in [0.15, 0.2) is 0 Å². The highest BCUT2D eigenvalue weighted by molar-refractivity contribution is 6.00. The number of hydrogen-bond donors (Lipinski definition) is 5. The maximum absolute atomic E-state index is 15.3. The first-order valence-electron chi connectivity index (χ1n) is 33.1. The average Bonchev–Trinajstić information content (AvgIpc) is 0.821. The number of allylic oxidation sites excluding steroid dienone is 2. The molecule has 11 amide bonds. The van der Waals surface area contributed by atoms with Gasteiger partial charge in [-0.05, 0) is 122 Å². The standard InChI is InChI=1S/C67H122N12O13/c1-27-29-31-43(13)56(80)55-60(84)70-47(28-2)62(86)73(19)48(32-30-33-72(17)18)63(87)78(24)54(44(14)37-92-26)59(83)71-52(41(9)10)66(90)74(20)49(34-38(3)4)58(82)68-45(15)57(81)69-46(16)61(85)75(21)50(35-39(5)6)64(88)76(22)51(36-40(7)8)65(89)77(23)53(42(11)12)67(91)79(55)25/h27,29,38-56,80H,28,30-37H2,1-26H3,(H,68,82)(H,69,81)(H,70,84)(H,71,83). The molecule has 1 aliphatic heterocycles. The molecule has 1 aliphatic rings. The van der Waals surface area contributed by atoms with E-state index < -0.39 is 161 Å². The molecule has 25 heteroatoms. The Morgan fingerprint density at radius 3 is 1.40 bits per heavy atom. The van der Waals surface area contributed by atoms with Gasteiger partial charge in [-0.2, -0.15) is 0 Å². The predicted molar refractivity (Wildman–Crippen MR) is 357 cm³/mol. The van der Waals surface area contributed by atoms with Crippen molar-refractivity contribution in [3.63, 3.8) is 0 Å². The van der Waals surface area contributed by atoms with Gasteiger partial charge in [-0.25, -0.2) is 0 Å². The molecule has 1 fully saturated rings. The van der Waals surface area contributed by atoms with Crippen LogP contribution in [0.1, 0.15) is 156 Å². The highest BCUT2D eigenvalue weighted by Crippen LogP contribution is 2.26. The minimum Gasteiger partial charge on any atom is -0.390 e. The lowest BCUT2D eigenvalue weighted by atomic mass is 9.91. The zero-order valence-corrected chi connectivity index (χ0v) is 60.9. The maximum atomic E-state index is 15.3. The minimum absolute atomic E-state index is 0.00298. The van der Waals surface area contributed by atoms with E-state index in [0.717, 1.165) is 4.90 Å². The average molecular weight is 1300 g/mol. The molecule has 25 nitrogen and oxygen atoms in total. The lowest BCUT2D eigenvalue weighted by Crippen LogP contribution is -2.64. The van der Waals surface area contributed by atoms with Crippen LogP contribution < -0.4 is 21.3 Å². The van der Waals surface area contributed by atoms with Crippen LogP contribution in [0.3, 0.4) is 0 Å². The van der Waals surface area contributed by atoms with Crippen LogP contribution in [0.5, 0.6) is 0 Å². The van der Waals surface area contributed by atoms with E-state index in [0.29, 0.717) is 19.4 Å². The van der Waals surface area contributed by atoms with Crippen molar-refractivity contribution in [2.45, 2.75) is 228 Å². The number of nitrogens with one attached hydrogen (secondary N) is 4. The van der Waals surface area contributed by atoms with Crippen molar-refractivity contribution in [2.75, 3.05) is 83.7 Å². The fraction of sp³-hybridized carbons (Fsp3) is 0.806. The van der Waals surface area contributed by atoms with E-state index in [1.807, 2.05) is 66.6 Å². The van der Waals surface area contributed by atoms with Crippen molar-refractivity contribution < 1.29 is 62.6 Å². The Morgan fingerprint density at radius 2 is 0.935 bits per heavy atom. The number of carbonyl (C=O) groups excluding carboxylic acids is 11. The molecule has 528 valence electrons. The Balaban J connectivity index is 4.56. The first-order chi connectivity index (χ1) is 42.6. The van der Waals surface area contributed by atoms with Crippen LogP contribution in [0.25, 0.3) is 0 Å². The number of ether oxygens (including phenoxy) is 1. The number of likely N-dealkylation sites (N-methyl/N-ethyl adjacent to an activating group) is 7. The first kappa shape index (κ1) is 83.8. The van der Waals surface area contributed by atoms with E-state index in [2.05, 4.69) is 21.3 Å². The lowest BCUT2D eigenvalue weighted by molar-refractivity contribution is -0.157. The van der Waals surface area contributed by atoms with Crippen LogP contribution in [0.4, 0.5) is 0 Å². The van der Waals surface area contributed by atoms with Gasteiger partial charge >= 0.3 is 0 Å².